The summed E-state index contributed by atoms with van der Waals surface area (Å²) >= 11 is 6.15. The number of aliphatic hydroxyl groups is 2. The first-order valence-electron chi connectivity index (χ1n) is 8.41. The van der Waals surface area contributed by atoms with Crippen molar-refractivity contribution < 1.29 is 24.6 Å². The Balaban J connectivity index is 2.10. The van der Waals surface area contributed by atoms with E-state index < -0.39 is 30.4 Å². The number of hydrogen-bond acceptors (Lipinski definition) is 9. The maximum atomic E-state index is 11.9. The molecule has 24 heavy (non-hydrogen) atoms. The molecular weight excluding hydrogens is 352 g/mol. The lowest BCUT2D eigenvalue weighted by molar-refractivity contribution is -0.310. The van der Waals surface area contributed by atoms with Gasteiger partial charge in [-0.25, -0.2) is 0 Å². The van der Waals surface area contributed by atoms with Crippen LogP contribution < -0.4 is 0 Å². The van der Waals surface area contributed by atoms with Crippen LogP contribution in [0.2, 0.25) is 0 Å². The highest BCUT2D eigenvalue weighted by atomic mass is 32.2. The quantitative estimate of drug-likeness (QED) is 0.341. The van der Waals surface area contributed by atoms with Gasteiger partial charge in [0, 0.05) is 12.3 Å². The Bertz CT molecular complexity index is 417. The summed E-state index contributed by atoms with van der Waals surface area (Å²) < 4.78 is 4.70. The second-order valence-corrected chi connectivity index (χ2v) is 8.11. The number of thioether (sulfide) groups is 1. The van der Waals surface area contributed by atoms with Gasteiger partial charge in [0.1, 0.15) is 17.2 Å². The summed E-state index contributed by atoms with van der Waals surface area (Å²) in [5.41, 5.74) is 0. The number of carbonyl (C=O) groups excluding carboxylic acids is 1. The number of thiol groups is 1. The van der Waals surface area contributed by atoms with Gasteiger partial charge in [-0.05, 0) is 19.3 Å². The fourth-order valence-corrected chi connectivity index (χ4v) is 4.63. The molecule has 2 saturated heterocycles. The van der Waals surface area contributed by atoms with E-state index >= 15 is 0 Å². The van der Waals surface area contributed by atoms with Crippen molar-refractivity contribution in [3.8, 4) is 0 Å². The Kier molecular flexibility index (Phi) is 8.12. The largest absolute Gasteiger partial charge is 0.469 e. The highest BCUT2D eigenvalue weighted by Gasteiger charge is 2.46. The molecule has 0 spiro atoms. The number of aliphatic hydroxyl groups excluding tert-OH is 2. The molecule has 0 radical (unpaired) electrons. The SMILES string of the molecule is CCCCON1[C@@H](C(O)N2CCS[C@@H]2S)CC[C@@H](C(=O)OC)[C@H]1O. The number of hydroxylamine groups is 2. The van der Waals surface area contributed by atoms with E-state index in [1.54, 1.807) is 11.8 Å². The standard InChI is InChI=1S/C15H28N2O5S2/c1-3-4-8-22-17-11(13(19)16-7-9-24-15(16)23)6-5-10(12(17)18)14(20)21-2/h10-13,15,18-19,23H,3-9H2,1-2H3/t10-,11-,12-,13?,15+/m1/s1. The minimum Gasteiger partial charge on any atom is -0.469 e. The van der Waals surface area contributed by atoms with E-state index in [1.165, 1.54) is 12.2 Å². The normalized spacial score (nSPS) is 33.5. The number of unbranched alkanes of at least 4 members (excludes halogenated alkanes) is 1. The van der Waals surface area contributed by atoms with E-state index in [2.05, 4.69) is 12.6 Å². The predicted octanol–water partition coefficient (Wildman–Crippen LogP) is 0.871. The summed E-state index contributed by atoms with van der Waals surface area (Å²) in [6.07, 6.45) is 0.837. The van der Waals surface area contributed by atoms with E-state index in [0.717, 1.165) is 25.1 Å². The Hall–Kier alpha value is -0.0300. The average molecular weight is 381 g/mol. The van der Waals surface area contributed by atoms with Crippen LogP contribution in [0.5, 0.6) is 0 Å². The summed E-state index contributed by atoms with van der Waals surface area (Å²) in [4.78, 5) is 19.5. The molecule has 140 valence electrons. The number of hydrogen-bond donors (Lipinski definition) is 3. The van der Waals surface area contributed by atoms with Crippen LogP contribution in [0.15, 0.2) is 0 Å². The second-order valence-electron chi connectivity index (χ2n) is 6.08. The summed E-state index contributed by atoms with van der Waals surface area (Å²) in [6, 6.07) is -0.411. The first-order valence-corrected chi connectivity index (χ1v) is 9.98. The van der Waals surface area contributed by atoms with Crippen LogP contribution in [-0.2, 0) is 14.4 Å². The summed E-state index contributed by atoms with van der Waals surface area (Å²) in [5, 5.41) is 22.8. The maximum Gasteiger partial charge on any atom is 0.312 e. The molecule has 0 amide bonds. The number of ether oxygens (including phenoxy) is 1. The monoisotopic (exact) mass is 380 g/mol. The van der Waals surface area contributed by atoms with E-state index in [9.17, 15) is 15.0 Å². The molecule has 2 heterocycles. The number of rotatable bonds is 7. The number of piperidine rings is 1. The van der Waals surface area contributed by atoms with E-state index in [1.807, 2.05) is 11.8 Å². The third-order valence-corrected chi connectivity index (χ3v) is 6.28. The molecule has 5 atom stereocenters. The zero-order valence-corrected chi connectivity index (χ0v) is 15.9. The zero-order chi connectivity index (χ0) is 17.7. The molecule has 2 rings (SSSR count). The zero-order valence-electron chi connectivity index (χ0n) is 14.2. The minimum absolute atomic E-state index is 0.0760. The van der Waals surface area contributed by atoms with Crippen LogP contribution in [0, 0.1) is 5.92 Å². The Morgan fingerprint density at radius 2 is 2.21 bits per heavy atom. The van der Waals surface area contributed by atoms with Crippen molar-refractivity contribution in [2.75, 3.05) is 26.0 Å². The fraction of sp³-hybridized carbons (Fsp3) is 0.933. The third-order valence-electron chi connectivity index (χ3n) is 4.55. The van der Waals surface area contributed by atoms with Crippen LogP contribution >= 0.6 is 24.4 Å². The third kappa shape index (κ3) is 4.57. The molecule has 9 heteroatoms. The van der Waals surface area contributed by atoms with Crippen LogP contribution in [0.1, 0.15) is 32.6 Å². The first kappa shape index (κ1) is 20.3. The molecule has 1 unspecified atom stereocenters. The van der Waals surface area contributed by atoms with Gasteiger partial charge in [-0.15, -0.1) is 24.4 Å². The molecule has 0 saturated carbocycles. The van der Waals surface area contributed by atoms with Gasteiger partial charge in [0.25, 0.3) is 0 Å². The van der Waals surface area contributed by atoms with Crippen molar-refractivity contribution in [2.24, 2.45) is 5.92 Å². The molecular formula is C15H28N2O5S2. The molecule has 0 aliphatic carbocycles. The van der Waals surface area contributed by atoms with Crippen molar-refractivity contribution in [3.63, 3.8) is 0 Å². The number of carbonyl (C=O) groups is 1. The summed E-state index contributed by atoms with van der Waals surface area (Å²) in [7, 11) is 1.31. The molecule has 7 nitrogen and oxygen atoms in total. The highest BCUT2D eigenvalue weighted by molar-refractivity contribution is 8.10. The van der Waals surface area contributed by atoms with Gasteiger partial charge in [-0.3, -0.25) is 14.5 Å². The minimum atomic E-state index is -1.13. The van der Waals surface area contributed by atoms with Crippen LogP contribution in [0.4, 0.5) is 0 Å². The average Bonchev–Trinajstić information content (AvgIpc) is 3.01. The van der Waals surface area contributed by atoms with Gasteiger partial charge in [0.05, 0.1) is 25.7 Å². The van der Waals surface area contributed by atoms with E-state index in [-0.39, 0.29) is 4.71 Å². The van der Waals surface area contributed by atoms with Crippen molar-refractivity contribution in [1.29, 1.82) is 0 Å². The van der Waals surface area contributed by atoms with Gasteiger partial charge in [0.15, 0.2) is 0 Å². The Morgan fingerprint density at radius 3 is 2.79 bits per heavy atom. The molecule has 2 aliphatic rings. The predicted molar refractivity (Wildman–Crippen MR) is 95.2 cm³/mol. The van der Waals surface area contributed by atoms with Gasteiger partial charge in [-0.2, -0.15) is 5.06 Å². The molecule has 2 N–H and O–H groups in total. The van der Waals surface area contributed by atoms with Crippen LogP contribution in [0.25, 0.3) is 0 Å². The fourth-order valence-electron chi connectivity index (χ4n) is 3.11. The summed E-state index contributed by atoms with van der Waals surface area (Å²) in [5.74, 6) is -0.217. The van der Waals surface area contributed by atoms with Gasteiger partial charge >= 0.3 is 5.97 Å². The van der Waals surface area contributed by atoms with E-state index in [4.69, 9.17) is 9.57 Å². The van der Waals surface area contributed by atoms with Crippen molar-refractivity contribution >= 4 is 30.4 Å². The molecule has 0 aromatic carbocycles. The maximum absolute atomic E-state index is 11.9. The van der Waals surface area contributed by atoms with Crippen molar-refractivity contribution in [2.45, 2.75) is 55.8 Å². The van der Waals surface area contributed by atoms with Crippen molar-refractivity contribution in [3.05, 3.63) is 0 Å². The van der Waals surface area contributed by atoms with Gasteiger partial charge < -0.3 is 14.9 Å². The smallest absolute Gasteiger partial charge is 0.312 e. The second kappa shape index (κ2) is 9.61. The summed E-state index contributed by atoms with van der Waals surface area (Å²) in [6.45, 7) is 3.21. The molecule has 2 aliphatic heterocycles. The Morgan fingerprint density at radius 1 is 1.46 bits per heavy atom. The van der Waals surface area contributed by atoms with Crippen molar-refractivity contribution in [1.82, 2.24) is 9.96 Å². The molecule has 2 fully saturated rings. The number of nitrogens with zero attached hydrogens (tertiary/aromatic N) is 2. The Labute approximate surface area is 153 Å². The van der Waals surface area contributed by atoms with Crippen LogP contribution in [0.3, 0.4) is 0 Å². The lowest BCUT2D eigenvalue weighted by Gasteiger charge is -2.45. The molecule has 0 bridgehead atoms. The lowest BCUT2D eigenvalue weighted by atomic mass is 9.91. The molecule has 0 aromatic heterocycles. The van der Waals surface area contributed by atoms with E-state index in [0.29, 0.717) is 19.4 Å². The van der Waals surface area contributed by atoms with Crippen LogP contribution in [-0.4, -0.2) is 75.4 Å². The number of methoxy groups -OCH3 is 1. The lowest BCUT2D eigenvalue weighted by Crippen LogP contribution is -2.60. The highest BCUT2D eigenvalue weighted by Crippen LogP contribution is 2.35. The number of esters is 1. The first-order chi connectivity index (χ1) is 11.5. The van der Waals surface area contributed by atoms with Gasteiger partial charge in [-0.1, -0.05) is 13.3 Å². The molecule has 0 aromatic rings. The topological polar surface area (TPSA) is 82.5 Å². The van der Waals surface area contributed by atoms with Gasteiger partial charge in [0.2, 0.25) is 0 Å².